The molecule has 1 N–H and O–H groups in total. The van der Waals surface area contributed by atoms with Crippen molar-refractivity contribution in [3.05, 3.63) is 34.3 Å². The number of amides is 2. The molecule has 2 amide bonds. The maximum absolute atomic E-state index is 13.5. The van der Waals surface area contributed by atoms with Gasteiger partial charge in [-0.1, -0.05) is 35.0 Å². The van der Waals surface area contributed by atoms with E-state index in [0.717, 1.165) is 10.0 Å². The molecule has 1 heterocycles. The van der Waals surface area contributed by atoms with E-state index in [1.807, 2.05) is 31.2 Å². The van der Waals surface area contributed by atoms with Crippen LogP contribution in [0.2, 0.25) is 0 Å². The van der Waals surface area contributed by atoms with Crippen molar-refractivity contribution in [2.45, 2.75) is 57.8 Å². The van der Waals surface area contributed by atoms with Crippen LogP contribution in [-0.4, -0.2) is 47.8 Å². The Kier molecular flexibility index (Phi) is 6.66. The lowest BCUT2D eigenvalue weighted by Crippen LogP contribution is -2.51. The van der Waals surface area contributed by atoms with Crippen molar-refractivity contribution in [1.82, 2.24) is 10.2 Å². The molecular formula is C19H26BrFN2O3. The molecule has 5 nitrogen and oxygen atoms in total. The van der Waals surface area contributed by atoms with Crippen LogP contribution >= 0.6 is 15.9 Å². The van der Waals surface area contributed by atoms with Crippen molar-refractivity contribution in [1.29, 1.82) is 0 Å². The topological polar surface area (TPSA) is 58.6 Å². The number of ether oxygens (including phenoxy) is 1. The Morgan fingerprint density at radius 2 is 1.92 bits per heavy atom. The summed E-state index contributed by atoms with van der Waals surface area (Å²) in [6, 6.07) is 6.74. The van der Waals surface area contributed by atoms with E-state index in [2.05, 4.69) is 21.2 Å². The first kappa shape index (κ1) is 20.7. The third kappa shape index (κ3) is 5.69. The Morgan fingerprint density at radius 1 is 1.31 bits per heavy atom. The van der Waals surface area contributed by atoms with Crippen molar-refractivity contribution < 1.29 is 18.7 Å². The number of benzene rings is 1. The van der Waals surface area contributed by atoms with Gasteiger partial charge in [-0.25, -0.2) is 9.18 Å². The summed E-state index contributed by atoms with van der Waals surface area (Å²) in [5.41, 5.74) is 0.231. The molecule has 1 aliphatic rings. The van der Waals surface area contributed by atoms with E-state index in [1.165, 1.54) is 4.90 Å². The molecule has 7 heteroatoms. The van der Waals surface area contributed by atoms with Crippen LogP contribution in [0.15, 0.2) is 28.7 Å². The zero-order valence-electron chi connectivity index (χ0n) is 15.6. The Hall–Kier alpha value is -1.63. The van der Waals surface area contributed by atoms with Gasteiger partial charge in [-0.2, -0.15) is 0 Å². The zero-order valence-corrected chi connectivity index (χ0v) is 17.2. The largest absolute Gasteiger partial charge is 0.444 e. The monoisotopic (exact) mass is 428 g/mol. The molecule has 1 fully saturated rings. The van der Waals surface area contributed by atoms with Crippen LogP contribution in [0.1, 0.15) is 45.6 Å². The molecule has 144 valence electrons. The molecule has 0 aromatic heterocycles. The number of likely N-dealkylation sites (tertiary alicyclic amines) is 1. The summed E-state index contributed by atoms with van der Waals surface area (Å²) in [6.07, 6.45) is -1.34. The first-order valence-corrected chi connectivity index (χ1v) is 9.54. The number of carbonyl (C=O) groups excluding carboxylic acids is 2. The second-order valence-electron chi connectivity index (χ2n) is 7.63. The Bertz CT molecular complexity index is 645. The van der Waals surface area contributed by atoms with Gasteiger partial charge in [0.25, 0.3) is 0 Å². The molecule has 1 aromatic carbocycles. The fourth-order valence-corrected chi connectivity index (χ4v) is 3.17. The quantitative estimate of drug-likeness (QED) is 0.787. The lowest BCUT2D eigenvalue weighted by Gasteiger charge is -2.30. The van der Waals surface area contributed by atoms with Crippen LogP contribution in [0.5, 0.6) is 0 Å². The zero-order chi connectivity index (χ0) is 19.5. The van der Waals surface area contributed by atoms with E-state index in [0.29, 0.717) is 13.0 Å². The van der Waals surface area contributed by atoms with Gasteiger partial charge < -0.3 is 15.0 Å². The number of halogens is 2. The number of hydrogen-bond acceptors (Lipinski definition) is 3. The molecule has 1 saturated heterocycles. The average Bonchev–Trinajstić information content (AvgIpc) is 2.97. The highest BCUT2D eigenvalue weighted by atomic mass is 79.9. The summed E-state index contributed by atoms with van der Waals surface area (Å²) in [5, 5.41) is 2.69. The summed E-state index contributed by atoms with van der Waals surface area (Å²) >= 11 is 3.39. The summed E-state index contributed by atoms with van der Waals surface area (Å²) < 4.78 is 19.8. The van der Waals surface area contributed by atoms with Crippen molar-refractivity contribution in [3.8, 4) is 0 Å². The first-order chi connectivity index (χ1) is 12.1. The third-order valence-corrected chi connectivity index (χ3v) is 4.81. The summed E-state index contributed by atoms with van der Waals surface area (Å²) in [4.78, 5) is 26.7. The third-order valence-electron chi connectivity index (χ3n) is 4.28. The maximum atomic E-state index is 13.5. The lowest BCUT2D eigenvalue weighted by molar-refractivity contribution is -0.133. The van der Waals surface area contributed by atoms with Gasteiger partial charge in [0.1, 0.15) is 17.8 Å². The molecule has 0 bridgehead atoms. The van der Waals surface area contributed by atoms with E-state index in [9.17, 15) is 14.0 Å². The van der Waals surface area contributed by atoms with Crippen LogP contribution in [-0.2, 0) is 9.53 Å². The number of carbonyl (C=O) groups is 2. The maximum Gasteiger partial charge on any atom is 0.408 e. The minimum absolute atomic E-state index is 0.0678. The number of nitrogens with zero attached hydrogens (tertiary/aromatic N) is 1. The smallest absolute Gasteiger partial charge is 0.408 e. The highest BCUT2D eigenvalue weighted by Crippen LogP contribution is 2.25. The van der Waals surface area contributed by atoms with E-state index in [4.69, 9.17) is 4.74 Å². The van der Waals surface area contributed by atoms with Crippen LogP contribution in [0.3, 0.4) is 0 Å². The summed E-state index contributed by atoms with van der Waals surface area (Å²) in [7, 11) is 0. The van der Waals surface area contributed by atoms with Crippen molar-refractivity contribution in [3.63, 3.8) is 0 Å². The predicted octanol–water partition coefficient (Wildman–Crippen LogP) is 4.02. The molecule has 1 aromatic rings. The fourth-order valence-electron chi connectivity index (χ4n) is 2.91. The van der Waals surface area contributed by atoms with E-state index < -0.39 is 23.9 Å². The standard InChI is InChI=1S/C19H26BrFN2O3/c1-12(13-5-7-14(20)8-6-13)16(22-18(25)26-19(2,3)4)17(24)23-10-9-15(21)11-23/h5-8,12,15-16H,9-11H2,1-4H3,(H,22,25)/t12-,15-,16?/m0/s1. The molecule has 0 aliphatic carbocycles. The van der Waals surface area contributed by atoms with E-state index in [1.54, 1.807) is 20.8 Å². The molecule has 1 aliphatic heterocycles. The average molecular weight is 429 g/mol. The van der Waals surface area contributed by atoms with Gasteiger partial charge >= 0.3 is 6.09 Å². The van der Waals surface area contributed by atoms with Gasteiger partial charge in [-0.15, -0.1) is 0 Å². The molecule has 0 spiro atoms. The lowest BCUT2D eigenvalue weighted by atomic mass is 9.92. The van der Waals surface area contributed by atoms with Gasteiger partial charge in [-0.3, -0.25) is 4.79 Å². The normalized spacial score (nSPS) is 19.8. The highest BCUT2D eigenvalue weighted by molar-refractivity contribution is 9.10. The minimum atomic E-state index is -1.01. The van der Waals surface area contributed by atoms with Gasteiger partial charge in [0.2, 0.25) is 5.91 Å². The molecule has 26 heavy (non-hydrogen) atoms. The summed E-state index contributed by atoms with van der Waals surface area (Å²) in [6.45, 7) is 7.57. The highest BCUT2D eigenvalue weighted by Gasteiger charge is 2.36. The molecule has 0 saturated carbocycles. The summed E-state index contributed by atoms with van der Waals surface area (Å²) in [5.74, 6) is -0.576. The molecular weight excluding hydrogens is 403 g/mol. The number of rotatable bonds is 4. The first-order valence-electron chi connectivity index (χ1n) is 8.74. The van der Waals surface area contributed by atoms with Crippen LogP contribution in [0.4, 0.5) is 9.18 Å². The Balaban J connectivity index is 2.21. The second-order valence-corrected chi connectivity index (χ2v) is 8.55. The SMILES string of the molecule is C[C@@H](c1ccc(Br)cc1)C(NC(=O)OC(C)(C)C)C(=O)N1CC[C@H](F)C1. The van der Waals surface area contributed by atoms with Gasteiger partial charge in [0.05, 0.1) is 6.54 Å². The number of hydrogen-bond donors (Lipinski definition) is 1. The fraction of sp³-hybridized carbons (Fsp3) is 0.579. The predicted molar refractivity (Wildman–Crippen MR) is 102 cm³/mol. The van der Waals surface area contributed by atoms with E-state index >= 15 is 0 Å². The van der Waals surface area contributed by atoms with Crippen LogP contribution in [0.25, 0.3) is 0 Å². The number of alkyl carbamates (subject to hydrolysis) is 1. The Labute approximate surface area is 162 Å². The van der Waals surface area contributed by atoms with Gasteiger partial charge in [-0.05, 0) is 44.9 Å². The second kappa shape index (κ2) is 8.37. The van der Waals surface area contributed by atoms with Crippen molar-refractivity contribution in [2.24, 2.45) is 0 Å². The number of alkyl halides is 1. The van der Waals surface area contributed by atoms with E-state index in [-0.39, 0.29) is 18.4 Å². The molecule has 2 rings (SSSR count). The Morgan fingerprint density at radius 3 is 2.42 bits per heavy atom. The van der Waals surface area contributed by atoms with Crippen molar-refractivity contribution >= 4 is 27.9 Å². The van der Waals surface area contributed by atoms with Crippen LogP contribution < -0.4 is 5.32 Å². The molecule has 3 atom stereocenters. The number of nitrogens with one attached hydrogen (secondary N) is 1. The molecule has 0 radical (unpaired) electrons. The minimum Gasteiger partial charge on any atom is -0.444 e. The van der Waals surface area contributed by atoms with Gasteiger partial charge in [0, 0.05) is 16.9 Å². The van der Waals surface area contributed by atoms with Crippen molar-refractivity contribution in [2.75, 3.05) is 13.1 Å². The van der Waals surface area contributed by atoms with Gasteiger partial charge in [0.15, 0.2) is 0 Å². The molecule has 1 unspecified atom stereocenters. The van der Waals surface area contributed by atoms with Crippen LogP contribution in [0, 0.1) is 0 Å².